The zero-order valence-corrected chi connectivity index (χ0v) is 20.6. The molecule has 0 aliphatic heterocycles. The van der Waals surface area contributed by atoms with Gasteiger partial charge in [0.05, 0.1) is 25.0 Å². The third-order valence-electron chi connectivity index (χ3n) is 5.40. The van der Waals surface area contributed by atoms with Gasteiger partial charge < -0.3 is 10.1 Å². The summed E-state index contributed by atoms with van der Waals surface area (Å²) in [7, 11) is 1.61. The van der Waals surface area contributed by atoms with Gasteiger partial charge in [0, 0.05) is 22.7 Å². The van der Waals surface area contributed by atoms with Gasteiger partial charge >= 0.3 is 0 Å². The molecule has 0 saturated carbocycles. The lowest BCUT2D eigenvalue weighted by Gasteiger charge is -2.13. The molecule has 0 aliphatic carbocycles. The highest BCUT2D eigenvalue weighted by molar-refractivity contribution is 7.99. The van der Waals surface area contributed by atoms with E-state index in [1.54, 1.807) is 23.1 Å². The van der Waals surface area contributed by atoms with Gasteiger partial charge in [0.25, 0.3) is 0 Å². The van der Waals surface area contributed by atoms with Gasteiger partial charge in [-0.15, -0.1) is 16.4 Å². The van der Waals surface area contributed by atoms with E-state index in [9.17, 15) is 10.1 Å². The summed E-state index contributed by atoms with van der Waals surface area (Å²) in [6.07, 6.45) is 0.821. The van der Waals surface area contributed by atoms with Crippen molar-refractivity contribution >= 4 is 34.8 Å². The number of rotatable bonds is 9. The highest BCUT2D eigenvalue weighted by atomic mass is 32.2. The zero-order valence-electron chi connectivity index (χ0n) is 19.0. The van der Waals surface area contributed by atoms with Crippen LogP contribution in [-0.2, 0) is 17.8 Å². The van der Waals surface area contributed by atoms with Crippen molar-refractivity contribution < 1.29 is 9.53 Å². The summed E-state index contributed by atoms with van der Waals surface area (Å²) in [4.78, 5) is 14.1. The summed E-state index contributed by atoms with van der Waals surface area (Å²) < 4.78 is 8.82. The number of hydrogen-bond acceptors (Lipinski definition) is 8. The van der Waals surface area contributed by atoms with E-state index in [-0.39, 0.29) is 11.7 Å². The van der Waals surface area contributed by atoms with Gasteiger partial charge in [-0.2, -0.15) is 5.26 Å². The number of methoxy groups -OCH3 is 1. The summed E-state index contributed by atoms with van der Waals surface area (Å²) in [5.74, 6) is 1.03. The molecule has 11 heteroatoms. The number of nitriles is 1. The molecular weight excluding hydrogens is 470 g/mol. The van der Waals surface area contributed by atoms with Gasteiger partial charge in [-0.1, -0.05) is 17.8 Å². The Morgan fingerprint density at radius 2 is 2.06 bits per heavy atom. The second-order valence-corrected chi connectivity index (χ2v) is 9.40. The van der Waals surface area contributed by atoms with Crippen LogP contribution in [0.5, 0.6) is 5.75 Å². The molecule has 174 valence electrons. The number of thiophene rings is 1. The predicted octanol–water partition coefficient (Wildman–Crippen LogP) is 4.00. The fourth-order valence-corrected chi connectivity index (χ4v) is 4.93. The molecule has 4 aromatic rings. The Morgan fingerprint density at radius 1 is 1.26 bits per heavy atom. The third kappa shape index (κ3) is 4.98. The standard InChI is InChI=1S/C23H23N7O2S2/c1-15-16(2)30(17-6-8-18(32-3)9-7-17)22(20(15)13-24)25-21(31)14-34-23-26-27-28-29(23)11-10-19-5-4-12-33-19/h4-9,12H,10-11,14H2,1-3H3,(H,25,31). The van der Waals surface area contributed by atoms with Gasteiger partial charge in [-0.3, -0.25) is 9.36 Å². The number of carbonyl (C=O) groups is 1. The van der Waals surface area contributed by atoms with E-state index in [4.69, 9.17) is 4.74 Å². The Morgan fingerprint density at radius 3 is 2.74 bits per heavy atom. The van der Waals surface area contributed by atoms with Crippen molar-refractivity contribution in [1.82, 2.24) is 24.8 Å². The lowest BCUT2D eigenvalue weighted by molar-refractivity contribution is -0.113. The molecule has 1 N–H and O–H groups in total. The predicted molar refractivity (Wildman–Crippen MR) is 132 cm³/mol. The maximum Gasteiger partial charge on any atom is 0.236 e. The van der Waals surface area contributed by atoms with Crippen molar-refractivity contribution in [2.75, 3.05) is 18.2 Å². The molecule has 0 unspecified atom stereocenters. The van der Waals surface area contributed by atoms with Crippen LogP contribution in [0.15, 0.2) is 46.9 Å². The Hall–Kier alpha value is -3.62. The maximum absolute atomic E-state index is 12.9. The molecule has 0 spiro atoms. The van der Waals surface area contributed by atoms with Gasteiger partial charge in [0.1, 0.15) is 17.6 Å². The summed E-state index contributed by atoms with van der Waals surface area (Å²) in [5.41, 5.74) is 2.96. The Bertz CT molecular complexity index is 1320. The van der Waals surface area contributed by atoms with Crippen LogP contribution < -0.4 is 10.1 Å². The fraction of sp³-hybridized carbons (Fsp3) is 0.261. The normalized spacial score (nSPS) is 10.8. The first-order valence-electron chi connectivity index (χ1n) is 10.5. The largest absolute Gasteiger partial charge is 0.497 e. The summed E-state index contributed by atoms with van der Waals surface area (Å²) >= 11 is 2.95. The van der Waals surface area contributed by atoms with E-state index in [0.29, 0.717) is 23.1 Å². The first-order chi connectivity index (χ1) is 16.5. The van der Waals surface area contributed by atoms with Gasteiger partial charge in [0.15, 0.2) is 0 Å². The minimum Gasteiger partial charge on any atom is -0.497 e. The third-order valence-corrected chi connectivity index (χ3v) is 7.29. The van der Waals surface area contributed by atoms with Gasteiger partial charge in [-0.25, -0.2) is 4.68 Å². The number of amides is 1. The van der Waals surface area contributed by atoms with E-state index < -0.39 is 0 Å². The SMILES string of the molecule is COc1ccc(-n2c(C)c(C)c(C#N)c2NC(=O)CSc2nnnn2CCc2cccs2)cc1. The van der Waals surface area contributed by atoms with Crippen molar-refractivity contribution in [2.45, 2.75) is 32.0 Å². The van der Waals surface area contributed by atoms with Gasteiger partial charge in [0.2, 0.25) is 11.1 Å². The van der Waals surface area contributed by atoms with Crippen LogP contribution in [0.3, 0.4) is 0 Å². The Kier molecular flexibility index (Phi) is 7.30. The van der Waals surface area contributed by atoms with Crippen molar-refractivity contribution in [3.8, 4) is 17.5 Å². The second-order valence-electron chi connectivity index (χ2n) is 7.43. The van der Waals surface area contributed by atoms with E-state index >= 15 is 0 Å². The van der Waals surface area contributed by atoms with Crippen molar-refractivity contribution in [3.05, 3.63) is 63.5 Å². The number of nitrogens with one attached hydrogen (secondary N) is 1. The van der Waals surface area contributed by atoms with Crippen LogP contribution in [-0.4, -0.2) is 43.5 Å². The number of anilines is 1. The van der Waals surface area contributed by atoms with Crippen LogP contribution >= 0.6 is 23.1 Å². The molecule has 0 aliphatic rings. The van der Waals surface area contributed by atoms with Crippen LogP contribution in [0.25, 0.3) is 5.69 Å². The number of tetrazole rings is 1. The molecule has 0 atom stereocenters. The van der Waals surface area contributed by atoms with Crippen molar-refractivity contribution in [1.29, 1.82) is 5.26 Å². The average molecular weight is 494 g/mol. The summed E-state index contributed by atoms with van der Waals surface area (Å²) in [5, 5.41) is 27.1. The fourth-order valence-electron chi connectivity index (χ4n) is 3.52. The molecule has 4 rings (SSSR count). The van der Waals surface area contributed by atoms with E-state index in [1.807, 2.05) is 54.1 Å². The molecule has 0 radical (unpaired) electrons. The molecule has 0 bridgehead atoms. The number of aryl methyl sites for hydroxylation is 2. The first-order valence-corrected chi connectivity index (χ1v) is 12.4. The maximum atomic E-state index is 12.9. The number of nitrogens with zero attached hydrogens (tertiary/aromatic N) is 6. The van der Waals surface area contributed by atoms with Crippen LogP contribution in [0.2, 0.25) is 0 Å². The molecular formula is C23H23N7O2S2. The van der Waals surface area contributed by atoms with Crippen LogP contribution in [0.4, 0.5) is 5.82 Å². The average Bonchev–Trinajstić information content (AvgIpc) is 3.58. The number of hydrogen-bond donors (Lipinski definition) is 1. The topological polar surface area (TPSA) is 111 Å². The Labute approximate surface area is 205 Å². The lowest BCUT2D eigenvalue weighted by Crippen LogP contribution is -2.18. The Balaban J connectivity index is 1.49. The van der Waals surface area contributed by atoms with Crippen LogP contribution in [0, 0.1) is 25.2 Å². The second kappa shape index (κ2) is 10.5. The number of thioether (sulfide) groups is 1. The molecule has 9 nitrogen and oxygen atoms in total. The molecule has 34 heavy (non-hydrogen) atoms. The highest BCUT2D eigenvalue weighted by Crippen LogP contribution is 2.31. The lowest BCUT2D eigenvalue weighted by atomic mass is 10.2. The smallest absolute Gasteiger partial charge is 0.236 e. The monoisotopic (exact) mass is 493 g/mol. The van der Waals surface area contributed by atoms with E-state index in [0.717, 1.165) is 29.1 Å². The van der Waals surface area contributed by atoms with Gasteiger partial charge in [-0.05, 0) is 65.5 Å². The summed E-state index contributed by atoms with van der Waals surface area (Å²) in [6, 6.07) is 13.8. The minimum absolute atomic E-state index is 0.107. The molecule has 0 saturated heterocycles. The highest BCUT2D eigenvalue weighted by Gasteiger charge is 2.21. The molecule has 1 amide bonds. The summed E-state index contributed by atoms with van der Waals surface area (Å²) in [6.45, 7) is 4.43. The molecule has 0 fully saturated rings. The quantitative estimate of drug-likeness (QED) is 0.351. The number of aromatic nitrogens is 5. The molecule has 1 aromatic carbocycles. The number of ether oxygens (including phenoxy) is 1. The molecule has 3 heterocycles. The molecule has 3 aromatic heterocycles. The van der Waals surface area contributed by atoms with E-state index in [2.05, 4.69) is 33.0 Å². The van der Waals surface area contributed by atoms with E-state index in [1.165, 1.54) is 16.6 Å². The first kappa shape index (κ1) is 23.5. The number of carbonyl (C=O) groups excluding carboxylic acids is 1. The number of benzene rings is 1. The zero-order chi connectivity index (χ0) is 24.1. The van der Waals surface area contributed by atoms with Crippen molar-refractivity contribution in [3.63, 3.8) is 0 Å². The van der Waals surface area contributed by atoms with Crippen LogP contribution in [0.1, 0.15) is 21.7 Å². The minimum atomic E-state index is -0.249. The van der Waals surface area contributed by atoms with Crippen molar-refractivity contribution in [2.24, 2.45) is 0 Å².